The Morgan fingerprint density at radius 2 is 1.16 bits per heavy atom. The van der Waals surface area contributed by atoms with Gasteiger partial charge in [0.25, 0.3) is 5.91 Å². The van der Waals surface area contributed by atoms with Gasteiger partial charge in [0.15, 0.2) is 31.0 Å². The number of nitrogens with zero attached hydrogens (tertiary/aromatic N) is 3. The highest BCUT2D eigenvalue weighted by atomic mass is 16.7. The van der Waals surface area contributed by atoms with Crippen molar-refractivity contribution < 1.29 is 93.5 Å². The molecule has 0 saturated carbocycles. The summed E-state index contributed by atoms with van der Waals surface area (Å²) in [6, 6.07) is 0. The van der Waals surface area contributed by atoms with Crippen LogP contribution in [-0.2, 0) is 42.7 Å². The standard InChI is InChI=1S/C26H40N4O19/c27-22(42)23-28-8-30(29-23)24-21(49-13(35)2-4-44-26-19(41)17(39)15(37)10(6-32)47-26)20(11(7-33)45-24)48-12(34)1-3-43-25-18(40)16(38)14(36)9(5-31)46-25/h8-11,14-21,24-26,31-33,36-41H,1-7H2,(H2,27,42)/t9?,10?,11-,14?,15?,16?,17?,18?,19?,20-,21-,24-,25?,26?/m1/s1. The van der Waals surface area contributed by atoms with Crippen molar-refractivity contribution in [1.82, 2.24) is 14.8 Å². The number of carbonyl (C=O) groups excluding carboxylic acids is 3. The van der Waals surface area contributed by atoms with Crippen LogP contribution in [-0.4, -0.2) is 191 Å². The van der Waals surface area contributed by atoms with E-state index < -0.39 is 155 Å². The fourth-order valence-electron chi connectivity index (χ4n) is 5.19. The van der Waals surface area contributed by atoms with Crippen LogP contribution in [0, 0.1) is 0 Å². The maximum Gasteiger partial charge on any atom is 0.308 e. The fraction of sp³-hybridized carbons (Fsp3) is 0.808. The summed E-state index contributed by atoms with van der Waals surface area (Å²) >= 11 is 0. The first kappa shape index (κ1) is 38.8. The molecule has 0 aromatic carbocycles. The monoisotopic (exact) mass is 712 g/mol. The molecular weight excluding hydrogens is 672 g/mol. The molecule has 4 rings (SSSR count). The Morgan fingerprint density at radius 1 is 0.694 bits per heavy atom. The van der Waals surface area contributed by atoms with Crippen molar-refractivity contribution in [3.05, 3.63) is 12.2 Å². The molecular formula is C26H40N4O19. The second-order valence-corrected chi connectivity index (χ2v) is 11.2. The number of aliphatic hydroxyl groups excluding tert-OH is 9. The summed E-state index contributed by atoms with van der Waals surface area (Å²) in [5, 5.41) is 92.4. The quantitative estimate of drug-likeness (QED) is 0.0755. The zero-order chi connectivity index (χ0) is 36.0. The Labute approximate surface area is 276 Å². The minimum Gasteiger partial charge on any atom is -0.455 e. The molecule has 4 heterocycles. The van der Waals surface area contributed by atoms with Crippen LogP contribution in [0.3, 0.4) is 0 Å². The van der Waals surface area contributed by atoms with E-state index in [1.165, 1.54) is 0 Å². The van der Waals surface area contributed by atoms with Gasteiger partial charge in [-0.15, -0.1) is 5.10 Å². The van der Waals surface area contributed by atoms with E-state index in [-0.39, 0.29) is 0 Å². The lowest BCUT2D eigenvalue weighted by atomic mass is 9.99. The third-order valence-corrected chi connectivity index (χ3v) is 7.86. The van der Waals surface area contributed by atoms with Gasteiger partial charge in [0.1, 0.15) is 61.3 Å². The molecule has 3 aliphatic rings. The summed E-state index contributed by atoms with van der Waals surface area (Å²) in [6.45, 7) is -3.11. The number of hydrogen-bond acceptors (Lipinski definition) is 21. The number of amides is 1. The normalized spacial score (nSPS) is 37.9. The van der Waals surface area contributed by atoms with Gasteiger partial charge in [-0.05, 0) is 0 Å². The van der Waals surface area contributed by atoms with Crippen LogP contribution in [0.2, 0.25) is 0 Å². The predicted octanol–water partition coefficient (Wildman–Crippen LogP) is -7.50. The first-order chi connectivity index (χ1) is 23.3. The molecule has 1 amide bonds. The van der Waals surface area contributed by atoms with Crippen molar-refractivity contribution in [3.63, 3.8) is 0 Å². The number of carbonyl (C=O) groups is 3. The van der Waals surface area contributed by atoms with Gasteiger partial charge < -0.3 is 84.9 Å². The maximum absolute atomic E-state index is 12.9. The lowest BCUT2D eigenvalue weighted by Gasteiger charge is -2.39. The molecule has 14 atom stereocenters. The van der Waals surface area contributed by atoms with E-state index in [1.54, 1.807) is 0 Å². The van der Waals surface area contributed by atoms with Crippen molar-refractivity contribution in [2.75, 3.05) is 33.0 Å². The summed E-state index contributed by atoms with van der Waals surface area (Å²) in [6.07, 6.45) is -21.5. The molecule has 1 aromatic heterocycles. The van der Waals surface area contributed by atoms with Crippen molar-refractivity contribution in [2.45, 2.75) is 98.8 Å². The van der Waals surface area contributed by atoms with Gasteiger partial charge in [-0.25, -0.2) is 9.67 Å². The SMILES string of the molecule is NC(=O)c1ncn([C@@H]2O[C@H](CO)[C@@H](OC(=O)CCOC3OC(CO)C(O)C(O)C3O)[C@H]2OC(=O)CCOC2OC(CO)C(O)C(O)C2O)n1. The van der Waals surface area contributed by atoms with Crippen LogP contribution in [0.25, 0.3) is 0 Å². The molecule has 49 heavy (non-hydrogen) atoms. The number of ether oxygens (including phenoxy) is 7. The first-order valence-electron chi connectivity index (χ1n) is 15.0. The highest BCUT2D eigenvalue weighted by Crippen LogP contribution is 2.34. The van der Waals surface area contributed by atoms with E-state index >= 15 is 0 Å². The topological polar surface area (TPSA) is 355 Å². The van der Waals surface area contributed by atoms with Crippen LogP contribution < -0.4 is 5.73 Å². The molecule has 0 spiro atoms. The lowest BCUT2D eigenvalue weighted by Crippen LogP contribution is -2.59. The number of rotatable bonds is 15. The second kappa shape index (κ2) is 17.3. The van der Waals surface area contributed by atoms with E-state index in [4.69, 9.17) is 38.9 Å². The molecule has 11 N–H and O–H groups in total. The first-order valence-corrected chi connectivity index (χ1v) is 15.0. The Kier molecular flexibility index (Phi) is 13.7. The van der Waals surface area contributed by atoms with Gasteiger partial charge in [0.05, 0.1) is 45.9 Å². The molecule has 23 heteroatoms. The van der Waals surface area contributed by atoms with E-state index in [0.29, 0.717) is 0 Å². The minimum atomic E-state index is -1.73. The highest BCUT2D eigenvalue weighted by Gasteiger charge is 2.51. The number of nitrogens with two attached hydrogens (primary N) is 1. The smallest absolute Gasteiger partial charge is 0.308 e. The number of aromatic nitrogens is 3. The summed E-state index contributed by atoms with van der Waals surface area (Å²) in [5.41, 5.74) is 5.21. The van der Waals surface area contributed by atoms with Crippen LogP contribution in [0.15, 0.2) is 6.33 Å². The van der Waals surface area contributed by atoms with Crippen LogP contribution in [0.5, 0.6) is 0 Å². The van der Waals surface area contributed by atoms with Gasteiger partial charge in [0, 0.05) is 0 Å². The molecule has 278 valence electrons. The molecule has 3 fully saturated rings. The van der Waals surface area contributed by atoms with Gasteiger partial charge in [-0.1, -0.05) is 0 Å². The average molecular weight is 713 g/mol. The van der Waals surface area contributed by atoms with Gasteiger partial charge in [-0.2, -0.15) is 0 Å². The summed E-state index contributed by atoms with van der Waals surface area (Å²) in [4.78, 5) is 41.1. The molecule has 3 saturated heterocycles. The molecule has 3 aliphatic heterocycles. The maximum atomic E-state index is 12.9. The third-order valence-electron chi connectivity index (χ3n) is 7.86. The molecule has 0 aliphatic carbocycles. The van der Waals surface area contributed by atoms with Crippen molar-refractivity contribution >= 4 is 17.8 Å². The minimum absolute atomic E-state index is 0.437. The van der Waals surface area contributed by atoms with Gasteiger partial charge >= 0.3 is 11.9 Å². The Balaban J connectivity index is 1.40. The van der Waals surface area contributed by atoms with Gasteiger partial charge in [0.2, 0.25) is 5.82 Å². The Bertz CT molecular complexity index is 1250. The number of hydrogen-bond donors (Lipinski definition) is 10. The van der Waals surface area contributed by atoms with E-state index in [1.807, 2.05) is 0 Å². The zero-order valence-electron chi connectivity index (χ0n) is 25.6. The second-order valence-electron chi connectivity index (χ2n) is 11.2. The number of aliphatic hydroxyl groups is 9. The number of esters is 2. The molecule has 1 aromatic rings. The lowest BCUT2D eigenvalue weighted by molar-refractivity contribution is -0.301. The largest absolute Gasteiger partial charge is 0.455 e. The predicted molar refractivity (Wildman–Crippen MR) is 148 cm³/mol. The number of primary amides is 1. The molecule has 10 unspecified atom stereocenters. The van der Waals surface area contributed by atoms with Crippen molar-refractivity contribution in [2.24, 2.45) is 5.73 Å². The summed E-state index contributed by atoms with van der Waals surface area (Å²) < 4.78 is 38.7. The zero-order valence-corrected chi connectivity index (χ0v) is 25.6. The molecule has 23 nitrogen and oxygen atoms in total. The van der Waals surface area contributed by atoms with Crippen molar-refractivity contribution in [3.8, 4) is 0 Å². The van der Waals surface area contributed by atoms with Crippen LogP contribution in [0.4, 0.5) is 0 Å². The third kappa shape index (κ3) is 9.02. The van der Waals surface area contributed by atoms with Crippen LogP contribution >= 0.6 is 0 Å². The van der Waals surface area contributed by atoms with Crippen molar-refractivity contribution in [1.29, 1.82) is 0 Å². The van der Waals surface area contributed by atoms with Crippen LogP contribution in [0.1, 0.15) is 29.7 Å². The Morgan fingerprint density at radius 3 is 1.59 bits per heavy atom. The van der Waals surface area contributed by atoms with Gasteiger partial charge in [-0.3, -0.25) is 14.4 Å². The average Bonchev–Trinajstić information content (AvgIpc) is 3.70. The Hall–Kier alpha value is -3.01. The summed E-state index contributed by atoms with van der Waals surface area (Å²) in [5.74, 6) is -3.42. The molecule has 0 radical (unpaired) electrons. The highest BCUT2D eigenvalue weighted by molar-refractivity contribution is 5.88. The van der Waals surface area contributed by atoms with E-state index in [2.05, 4.69) is 10.1 Å². The fourth-order valence-corrected chi connectivity index (χ4v) is 5.19. The summed E-state index contributed by atoms with van der Waals surface area (Å²) in [7, 11) is 0. The van der Waals surface area contributed by atoms with E-state index in [0.717, 1.165) is 11.0 Å². The molecule has 0 bridgehead atoms. The van der Waals surface area contributed by atoms with E-state index in [9.17, 15) is 60.3 Å².